The third kappa shape index (κ3) is 16.4. The quantitative estimate of drug-likeness (QED) is 0.0489. The third-order valence-corrected chi connectivity index (χ3v) is 21.1. The Balaban J connectivity index is 0.000000143. The molecular formula is C84H90ClN24O7+. The molecule has 0 aliphatic carbocycles. The number of nitriles is 5. The maximum atomic E-state index is 12.9. The van der Waals surface area contributed by atoms with Gasteiger partial charge in [0.15, 0.2) is 41.0 Å². The molecule has 2 amide bonds. The van der Waals surface area contributed by atoms with Crippen LogP contribution in [-0.4, -0.2) is 158 Å². The van der Waals surface area contributed by atoms with Crippen molar-refractivity contribution in [2.24, 2.45) is 0 Å². The summed E-state index contributed by atoms with van der Waals surface area (Å²) >= 11 is 6.26. The van der Waals surface area contributed by atoms with Gasteiger partial charge in [0, 0.05) is 115 Å². The van der Waals surface area contributed by atoms with Crippen molar-refractivity contribution < 1.29 is 14.2 Å². The number of carbonyl (C=O) groups excluding carboxylic acids is 2. The van der Waals surface area contributed by atoms with E-state index in [-0.39, 0.29) is 75.1 Å². The van der Waals surface area contributed by atoms with Gasteiger partial charge in [-0.15, -0.1) is 0 Å². The highest BCUT2D eigenvalue weighted by molar-refractivity contribution is 6.32. The Labute approximate surface area is 671 Å². The molecular weight excluding hydrogens is 1490 g/mol. The van der Waals surface area contributed by atoms with Gasteiger partial charge in [0.05, 0.1) is 34.4 Å². The molecule has 4 aliphatic heterocycles. The molecule has 31 nitrogen and oxygen atoms in total. The van der Waals surface area contributed by atoms with E-state index >= 15 is 0 Å². The first kappa shape index (κ1) is 83.4. The average molecular weight is 1580 g/mol. The molecule has 1 unspecified atom stereocenters. The molecule has 0 saturated carbocycles. The third-order valence-electron chi connectivity index (χ3n) is 20.5. The fraction of sp³-hybridized carbons (Fsp3) is 0.357. The van der Waals surface area contributed by atoms with Gasteiger partial charge >= 0.3 is 5.91 Å². The number of amides is 2. The Morgan fingerprint density at radius 3 is 1.24 bits per heavy atom. The molecule has 4 aliphatic rings. The largest absolute Gasteiger partial charge is 0.411 e. The number of hydrogen-bond donors (Lipinski definition) is 6. The first-order valence-electron chi connectivity index (χ1n) is 38.1. The molecule has 0 spiro atoms. The molecule has 1 atom stereocenters. The van der Waals surface area contributed by atoms with Crippen LogP contribution in [0.4, 0.5) is 0 Å². The van der Waals surface area contributed by atoms with E-state index in [2.05, 4.69) is 111 Å². The highest BCUT2D eigenvalue weighted by Crippen LogP contribution is 2.34. The van der Waals surface area contributed by atoms with Crippen molar-refractivity contribution in [1.82, 2.24) is 88.1 Å². The smallest absolute Gasteiger partial charge is 0.334 e. The lowest BCUT2D eigenvalue weighted by Gasteiger charge is -2.27. The second-order valence-electron chi connectivity index (χ2n) is 30.1. The van der Waals surface area contributed by atoms with Crippen molar-refractivity contribution in [2.45, 2.75) is 144 Å². The van der Waals surface area contributed by atoms with Crippen LogP contribution in [0, 0.1) is 70.5 Å². The summed E-state index contributed by atoms with van der Waals surface area (Å²) in [5.74, 6) is -0.403. The summed E-state index contributed by atoms with van der Waals surface area (Å²) < 4.78 is 8.24. The van der Waals surface area contributed by atoms with Crippen molar-refractivity contribution in [3.8, 4) is 41.6 Å². The number of aromatic nitrogens is 15. The van der Waals surface area contributed by atoms with E-state index in [9.17, 15) is 54.6 Å². The number of aromatic amines is 5. The Bertz CT molecular complexity index is 6460. The highest BCUT2D eigenvalue weighted by Gasteiger charge is 2.34. The molecule has 11 aromatic rings. The molecule has 0 bridgehead atoms. The number of rotatable bonds is 12. The van der Waals surface area contributed by atoms with Crippen LogP contribution in [-0.2, 0) is 9.59 Å². The molecule has 32 heteroatoms. The number of nitrogens with zero attached hydrogens (tertiary/aromatic N) is 18. The van der Waals surface area contributed by atoms with Crippen LogP contribution in [0.2, 0.25) is 5.02 Å². The summed E-state index contributed by atoms with van der Waals surface area (Å²) in [6.45, 7) is 35.5. The minimum absolute atomic E-state index is 0.0120. The minimum atomic E-state index is -0.218. The topological polar surface area (TPSA) is 425 Å². The number of nitrogens with one attached hydrogen (secondary N) is 6. The van der Waals surface area contributed by atoms with Gasteiger partial charge in [-0.3, -0.25) is 54.3 Å². The summed E-state index contributed by atoms with van der Waals surface area (Å²) in [6.07, 6.45) is 21.4. The Morgan fingerprint density at radius 1 is 0.509 bits per heavy atom. The van der Waals surface area contributed by atoms with E-state index in [4.69, 9.17) is 16.9 Å². The SMILES string of the molecule is C=CC(=O)N1CCC=C(c2nc3c(C#N)c[nH]n3c(=O)c2C(C)C)C1.C=CC(=O)[N+]1=CC(c2nc3c(C#N)c[nH]n3c(=O)c2C(C)C)CC1.CC(C)c1c(C2=CCCN(C)C2)nc2c(C#N)c[nH]n2c1=O.CC(C)c1c(C2=CCCNC2)nc2c(C#N)c[nH]n2c1=O.Cc1cc(-c2nc3c(C#N)c[nH]n3c(=O)c2C(C)C)cc(C)c1Cl. The number of hydrogen-bond acceptors (Lipinski definition) is 19. The number of benzene rings is 1. The second-order valence-corrected chi connectivity index (χ2v) is 30.5. The van der Waals surface area contributed by atoms with E-state index in [1.54, 1.807) is 15.7 Å². The first-order chi connectivity index (χ1) is 55.4. The number of likely N-dealkylation sites (N-methyl/N-ethyl adjacent to an activating group) is 1. The molecule has 6 N–H and O–H groups in total. The normalized spacial score (nSPS) is 14.8. The van der Waals surface area contributed by atoms with Gasteiger partial charge in [-0.05, 0) is 122 Å². The zero-order valence-electron chi connectivity index (χ0n) is 66.9. The molecule has 15 rings (SSSR count). The molecule has 0 fully saturated rings. The summed E-state index contributed by atoms with van der Waals surface area (Å²) in [5.41, 5.74) is 14.7. The maximum absolute atomic E-state index is 12.9. The van der Waals surface area contributed by atoms with Crippen molar-refractivity contribution in [1.29, 1.82) is 26.3 Å². The first-order valence-corrected chi connectivity index (χ1v) is 38.5. The Hall–Kier alpha value is -13.5. The standard InChI is InChI=1S/C18H17ClN4O.C18H19N5O2.C17H17N5O2.C16H19N5O.C15H17N5O/c1-9(2)14-16(12-5-10(3)15(19)11(4)6-12)22-17-13(7-20)8-21-23(17)18(14)24;1-4-14(24)22-7-5-6-12(10-22)16-15(11(2)3)18(25)23-17(21-16)13(8-19)9-20-23;1-4-13(23)21-6-5-11(9-21)15-14(10(2)3)17(24)22-16(20-15)12(7-18)8-19-22;1-10(2)13-14(11-5-4-6-20(3)9-11)19-15-12(7-17)8-18-21(15)16(13)22;1-9(2)12-13(10-4-3-5-17-7-10)19-14-11(6-16)8-18-20(14)15(12)21/h5-6,8-9,21H,1-4H3;4,6,9,11,20H,1,5,7,10H2,2-3H3;4,8-11H,1,5-6H2,2-3H3;5,8,10,18H,4,6,9H2,1-3H3;4,8-9,17-18H,3,5,7H2,1-2H3/p+1. The van der Waals surface area contributed by atoms with Crippen LogP contribution in [0.1, 0.15) is 220 Å². The van der Waals surface area contributed by atoms with E-state index in [0.29, 0.717) is 145 Å². The molecule has 594 valence electrons. The second kappa shape index (κ2) is 35.3. The van der Waals surface area contributed by atoms with Crippen LogP contribution in [0.15, 0.2) is 111 Å². The average Bonchev–Trinajstić information content (AvgIpc) is 1.54. The maximum Gasteiger partial charge on any atom is 0.411 e. The van der Waals surface area contributed by atoms with E-state index in [0.717, 1.165) is 77.3 Å². The molecule has 116 heavy (non-hydrogen) atoms. The summed E-state index contributed by atoms with van der Waals surface area (Å²) in [6, 6.07) is 14.1. The predicted octanol–water partition coefficient (Wildman–Crippen LogP) is 10.2. The van der Waals surface area contributed by atoms with Crippen LogP contribution < -0.4 is 33.1 Å². The predicted molar refractivity (Wildman–Crippen MR) is 442 cm³/mol. The van der Waals surface area contributed by atoms with E-state index in [1.165, 1.54) is 65.7 Å². The number of halogens is 1. The van der Waals surface area contributed by atoms with Gasteiger partial charge in [-0.2, -0.15) is 30.9 Å². The fourth-order valence-electron chi connectivity index (χ4n) is 14.8. The Morgan fingerprint density at radius 2 is 0.871 bits per heavy atom. The number of aryl methyl sites for hydroxylation is 2. The van der Waals surface area contributed by atoms with E-state index in [1.807, 2.05) is 113 Å². The highest BCUT2D eigenvalue weighted by atomic mass is 35.5. The van der Waals surface area contributed by atoms with Crippen LogP contribution >= 0.6 is 11.6 Å². The van der Waals surface area contributed by atoms with Crippen molar-refractivity contribution in [3.05, 3.63) is 233 Å². The lowest BCUT2D eigenvalue weighted by molar-refractivity contribution is -0.431. The zero-order valence-corrected chi connectivity index (χ0v) is 67.7. The van der Waals surface area contributed by atoms with Gasteiger partial charge in [0.2, 0.25) is 5.91 Å². The summed E-state index contributed by atoms with van der Waals surface area (Å²) in [7, 11) is 2.06. The molecule has 10 aromatic heterocycles. The molecule has 0 saturated heterocycles. The minimum Gasteiger partial charge on any atom is -0.334 e. The molecule has 14 heterocycles. The lowest BCUT2D eigenvalue weighted by atomic mass is 9.94. The number of carbonyl (C=O) groups is 2. The molecule has 1 aromatic carbocycles. The monoisotopic (exact) mass is 1580 g/mol. The van der Waals surface area contributed by atoms with Gasteiger partial charge in [0.25, 0.3) is 27.8 Å². The van der Waals surface area contributed by atoms with Gasteiger partial charge in [-0.1, -0.05) is 112 Å². The van der Waals surface area contributed by atoms with Gasteiger partial charge in [-0.25, -0.2) is 52.3 Å². The Kier molecular flexibility index (Phi) is 25.4. The van der Waals surface area contributed by atoms with Gasteiger partial charge in [0.1, 0.15) is 58.2 Å². The van der Waals surface area contributed by atoms with E-state index < -0.39 is 0 Å². The van der Waals surface area contributed by atoms with Crippen molar-refractivity contribution in [3.63, 3.8) is 0 Å². The van der Waals surface area contributed by atoms with Crippen LogP contribution in [0.25, 0.3) is 56.2 Å². The van der Waals surface area contributed by atoms with Crippen molar-refractivity contribution >= 4 is 74.6 Å². The number of H-pyrrole nitrogens is 5. The van der Waals surface area contributed by atoms with Crippen LogP contribution in [0.5, 0.6) is 0 Å². The fourth-order valence-corrected chi connectivity index (χ4v) is 14.9. The van der Waals surface area contributed by atoms with Gasteiger partial charge < -0.3 is 15.1 Å². The van der Waals surface area contributed by atoms with Crippen molar-refractivity contribution in [2.75, 3.05) is 52.9 Å². The summed E-state index contributed by atoms with van der Waals surface area (Å²) in [4.78, 5) is 115. The number of fused-ring (bicyclic) bond motifs is 5. The van der Waals surface area contributed by atoms with Crippen LogP contribution in [0.3, 0.4) is 0 Å². The molecule has 0 radical (unpaired) electrons. The zero-order chi connectivity index (χ0) is 84.0. The lowest BCUT2D eigenvalue weighted by Crippen LogP contribution is -2.35. The summed E-state index contributed by atoms with van der Waals surface area (Å²) in [5, 5.41) is 64.1.